The van der Waals surface area contributed by atoms with Gasteiger partial charge in [0.15, 0.2) is 0 Å². The van der Waals surface area contributed by atoms with Crippen molar-refractivity contribution < 1.29 is 0 Å². The molecule has 235 valence electrons. The van der Waals surface area contributed by atoms with E-state index < -0.39 is 0 Å². The third kappa shape index (κ3) is 4.91. The van der Waals surface area contributed by atoms with Crippen molar-refractivity contribution in [2.45, 2.75) is 111 Å². The zero-order valence-corrected chi connectivity index (χ0v) is 29.3. The molecule has 0 atom stereocenters. The third-order valence-electron chi connectivity index (χ3n) is 11.1. The molecule has 2 nitrogen and oxygen atoms in total. The maximum Gasteiger partial charge on any atom is 0.0994 e. The molecule has 1 saturated heterocycles. The van der Waals surface area contributed by atoms with Gasteiger partial charge in [0.25, 0.3) is 0 Å². The Bertz CT molecular complexity index is 1590. The normalized spacial score (nSPS) is 18.4. The maximum absolute atomic E-state index is 2.79. The lowest BCUT2D eigenvalue weighted by Crippen LogP contribution is -2.42. The molecular formula is C43H53N2. The molecular weight excluding hydrogens is 544 g/mol. The summed E-state index contributed by atoms with van der Waals surface area (Å²) in [4.78, 5) is 5.26. The Morgan fingerprint density at radius 3 is 1.58 bits per heavy atom. The molecule has 2 aliphatic heterocycles. The molecule has 2 heterocycles. The summed E-state index contributed by atoms with van der Waals surface area (Å²) >= 11 is 0. The molecule has 2 heteroatoms. The summed E-state index contributed by atoms with van der Waals surface area (Å²) in [6.45, 7) is 23.9. The van der Waals surface area contributed by atoms with Gasteiger partial charge in [0.2, 0.25) is 0 Å². The van der Waals surface area contributed by atoms with E-state index in [0.29, 0.717) is 11.8 Å². The average molecular weight is 598 g/mol. The van der Waals surface area contributed by atoms with Crippen molar-refractivity contribution in [2.24, 2.45) is 5.41 Å². The number of fused-ring (bicyclic) bond motifs is 2. The van der Waals surface area contributed by atoms with Gasteiger partial charge in [-0.15, -0.1) is 0 Å². The lowest BCUT2D eigenvalue weighted by molar-refractivity contribution is 0.284. The van der Waals surface area contributed by atoms with Gasteiger partial charge in [-0.25, -0.2) is 0 Å². The zero-order valence-electron chi connectivity index (χ0n) is 29.3. The van der Waals surface area contributed by atoms with Gasteiger partial charge in [0, 0.05) is 27.7 Å². The molecule has 45 heavy (non-hydrogen) atoms. The third-order valence-corrected chi connectivity index (χ3v) is 11.1. The highest BCUT2D eigenvalue weighted by atomic mass is 15.3. The first-order valence-electron chi connectivity index (χ1n) is 17.3. The monoisotopic (exact) mass is 597 g/mol. The second kappa shape index (κ2) is 11.4. The van der Waals surface area contributed by atoms with Crippen LogP contribution >= 0.6 is 0 Å². The van der Waals surface area contributed by atoms with Gasteiger partial charge in [-0.3, -0.25) is 0 Å². The Labute approximate surface area is 273 Å². The number of benzene rings is 4. The molecule has 0 spiro atoms. The van der Waals surface area contributed by atoms with Crippen LogP contribution in [0.2, 0.25) is 0 Å². The van der Waals surface area contributed by atoms with Crippen molar-refractivity contribution in [3.05, 3.63) is 125 Å². The predicted molar refractivity (Wildman–Crippen MR) is 194 cm³/mol. The molecule has 0 aliphatic carbocycles. The van der Waals surface area contributed by atoms with Gasteiger partial charge in [-0.1, -0.05) is 122 Å². The van der Waals surface area contributed by atoms with E-state index in [9.17, 15) is 0 Å². The Kier molecular flexibility index (Phi) is 7.95. The van der Waals surface area contributed by atoms with Crippen LogP contribution < -0.4 is 9.80 Å². The van der Waals surface area contributed by atoms with Crippen LogP contribution in [0.3, 0.4) is 0 Å². The van der Waals surface area contributed by atoms with Crippen LogP contribution in [0.25, 0.3) is 0 Å². The smallest absolute Gasteiger partial charge is 0.0994 e. The van der Waals surface area contributed by atoms with Crippen LogP contribution in [0.5, 0.6) is 0 Å². The summed E-state index contributed by atoms with van der Waals surface area (Å²) in [5.41, 5.74) is 12.2. The largest absolute Gasteiger partial charge is 0.353 e. The van der Waals surface area contributed by atoms with Crippen LogP contribution in [0.4, 0.5) is 22.7 Å². The number of nitrogens with zero attached hydrogens (tertiary/aromatic N) is 2. The molecule has 0 aromatic heterocycles. The van der Waals surface area contributed by atoms with Crippen molar-refractivity contribution in [1.82, 2.24) is 0 Å². The fourth-order valence-corrected chi connectivity index (χ4v) is 8.70. The molecule has 2 aliphatic rings. The fraction of sp³-hybridized carbons (Fsp3) is 0.419. The Hall–Kier alpha value is -3.52. The fourth-order valence-electron chi connectivity index (χ4n) is 8.70. The summed E-state index contributed by atoms with van der Waals surface area (Å²) in [6.07, 6.45) is 3.41. The summed E-state index contributed by atoms with van der Waals surface area (Å²) in [7, 11) is 0. The van der Waals surface area contributed by atoms with Crippen LogP contribution in [-0.4, -0.2) is 5.54 Å². The van der Waals surface area contributed by atoms with Gasteiger partial charge in [-0.05, 0) is 97.0 Å². The predicted octanol–water partition coefficient (Wildman–Crippen LogP) is 12.4. The van der Waals surface area contributed by atoms with Gasteiger partial charge in [0.1, 0.15) is 0 Å². The Morgan fingerprint density at radius 1 is 0.622 bits per heavy atom. The molecule has 4 aromatic carbocycles. The number of hydrogen-bond donors (Lipinski definition) is 0. The minimum absolute atomic E-state index is 0.00894. The Balaban J connectivity index is 1.52. The minimum Gasteiger partial charge on any atom is -0.353 e. The summed E-state index contributed by atoms with van der Waals surface area (Å²) < 4.78 is 0. The van der Waals surface area contributed by atoms with Crippen molar-refractivity contribution in [2.75, 3.05) is 9.80 Å². The first kappa shape index (κ1) is 31.5. The van der Waals surface area contributed by atoms with E-state index in [1.807, 2.05) is 0 Å². The molecule has 1 fully saturated rings. The first-order chi connectivity index (χ1) is 21.4. The standard InChI is InChI=1S/C43H53N2/c1-11-43(12-2)28-41(7,8)45(39-33(29(3)4)18-17-19-34(39)30(5)6)40(43)31-24-26-32(27-25-31)44-37-22-15-13-20-35(37)42(9,10)36-21-14-16-23-38(36)44/h13-27,29-30H,11-12,28H2,1-10H3. The van der Waals surface area contributed by atoms with Gasteiger partial charge >= 0.3 is 0 Å². The lowest BCUT2D eigenvalue weighted by atomic mass is 9.71. The van der Waals surface area contributed by atoms with Crippen LogP contribution in [0.15, 0.2) is 91.0 Å². The molecule has 4 aromatic rings. The second-order valence-electron chi connectivity index (χ2n) is 15.3. The highest BCUT2D eigenvalue weighted by Crippen LogP contribution is 2.61. The first-order valence-corrected chi connectivity index (χ1v) is 17.3. The van der Waals surface area contributed by atoms with Gasteiger partial charge in [-0.2, -0.15) is 0 Å². The molecule has 0 saturated carbocycles. The van der Waals surface area contributed by atoms with E-state index in [1.165, 1.54) is 56.6 Å². The number of hydrogen-bond acceptors (Lipinski definition) is 2. The van der Waals surface area contributed by atoms with E-state index in [4.69, 9.17) is 0 Å². The second-order valence-corrected chi connectivity index (χ2v) is 15.3. The van der Waals surface area contributed by atoms with E-state index in [2.05, 4.69) is 170 Å². The molecule has 6 rings (SSSR count). The summed E-state index contributed by atoms with van der Waals surface area (Å²) in [5, 5.41) is 0. The van der Waals surface area contributed by atoms with Crippen molar-refractivity contribution in [3.8, 4) is 0 Å². The van der Waals surface area contributed by atoms with Crippen LogP contribution in [0.1, 0.15) is 128 Å². The van der Waals surface area contributed by atoms with Gasteiger partial charge < -0.3 is 9.80 Å². The van der Waals surface area contributed by atoms with Crippen molar-refractivity contribution in [3.63, 3.8) is 0 Å². The summed E-state index contributed by atoms with van der Waals surface area (Å²) in [5.74, 6) is 0.889. The SMILES string of the molecule is CCC1(CC)CC(C)(C)N(c2c(C(C)C)cccc2C(C)C)[C]1c1ccc(N2c3ccccc3C(C)(C)c3ccccc32)cc1. The van der Waals surface area contributed by atoms with E-state index >= 15 is 0 Å². The average Bonchev–Trinajstić information content (AvgIpc) is 3.27. The number of anilines is 4. The highest BCUT2D eigenvalue weighted by molar-refractivity contribution is 5.86. The maximum atomic E-state index is 2.79. The topological polar surface area (TPSA) is 6.48 Å². The summed E-state index contributed by atoms with van der Waals surface area (Å²) in [6, 6.07) is 35.9. The van der Waals surface area contributed by atoms with Crippen molar-refractivity contribution in [1.29, 1.82) is 0 Å². The number of rotatable bonds is 7. The van der Waals surface area contributed by atoms with Crippen LogP contribution in [-0.2, 0) is 5.41 Å². The van der Waals surface area contributed by atoms with Crippen molar-refractivity contribution >= 4 is 22.7 Å². The minimum atomic E-state index is -0.0603. The molecule has 0 amide bonds. The molecule has 0 unspecified atom stereocenters. The number of para-hydroxylation sites is 3. The highest BCUT2D eigenvalue weighted by Gasteiger charge is 2.56. The zero-order chi connectivity index (χ0) is 32.3. The molecule has 1 radical (unpaired) electrons. The Morgan fingerprint density at radius 2 is 1.11 bits per heavy atom. The van der Waals surface area contributed by atoms with Gasteiger partial charge in [0.05, 0.1) is 17.4 Å². The lowest BCUT2D eigenvalue weighted by Gasteiger charge is -2.43. The van der Waals surface area contributed by atoms with E-state index in [0.717, 1.165) is 19.3 Å². The quantitative estimate of drug-likeness (QED) is 0.209. The van der Waals surface area contributed by atoms with E-state index in [-0.39, 0.29) is 16.4 Å². The van der Waals surface area contributed by atoms with E-state index in [1.54, 1.807) is 0 Å². The van der Waals surface area contributed by atoms with Crippen LogP contribution in [0, 0.1) is 11.5 Å². The molecule has 0 N–H and O–H groups in total. The molecule has 0 bridgehead atoms.